The van der Waals surface area contributed by atoms with Crippen molar-refractivity contribution in [3.05, 3.63) is 54.5 Å². The molecule has 0 bridgehead atoms. The minimum atomic E-state index is -0.0896. The average Bonchev–Trinajstić information content (AvgIpc) is 3.45. The lowest BCUT2D eigenvalue weighted by Crippen LogP contribution is -2.44. The van der Waals surface area contributed by atoms with Crippen LogP contribution in [0.4, 0.5) is 11.5 Å². The Kier molecular flexibility index (Phi) is 4.77. The number of nitrogens with two attached hydrogens (primary N) is 1. The lowest BCUT2D eigenvalue weighted by atomic mass is 10.0. The van der Waals surface area contributed by atoms with Gasteiger partial charge in [-0.15, -0.1) is 6.58 Å². The van der Waals surface area contributed by atoms with Gasteiger partial charge >= 0.3 is 0 Å². The van der Waals surface area contributed by atoms with Crippen molar-refractivity contribution in [3.63, 3.8) is 0 Å². The van der Waals surface area contributed by atoms with Gasteiger partial charge < -0.3 is 20.1 Å². The molecule has 1 aliphatic carbocycles. The summed E-state index contributed by atoms with van der Waals surface area (Å²) >= 11 is 0. The van der Waals surface area contributed by atoms with E-state index in [-0.39, 0.29) is 17.4 Å². The Morgan fingerprint density at radius 1 is 1.39 bits per heavy atom. The number of hydrogen-bond acceptors (Lipinski definition) is 7. The van der Waals surface area contributed by atoms with Crippen molar-refractivity contribution in [2.45, 2.75) is 31.4 Å². The van der Waals surface area contributed by atoms with Crippen LogP contribution < -0.4 is 15.4 Å². The van der Waals surface area contributed by atoms with Gasteiger partial charge in [0.15, 0.2) is 0 Å². The molecule has 2 aliphatic rings. The maximum Gasteiger partial charge on any atom is 0.133 e. The minimum absolute atomic E-state index is 0.0479. The van der Waals surface area contributed by atoms with Gasteiger partial charge in [0.25, 0.3) is 0 Å². The molecule has 1 aliphatic heterocycles. The summed E-state index contributed by atoms with van der Waals surface area (Å²) in [4.78, 5) is 10.8. The number of anilines is 2. The number of aromatic nitrogens is 2. The summed E-state index contributed by atoms with van der Waals surface area (Å²) in [6.07, 6.45) is 5.42. The first-order valence-electron chi connectivity index (χ1n) is 9.46. The number of nitrogens with one attached hydrogen (secondary N) is 1. The van der Waals surface area contributed by atoms with Gasteiger partial charge in [-0.25, -0.2) is 9.97 Å². The molecule has 4 rings (SSSR count). The smallest absolute Gasteiger partial charge is 0.133 e. The molecule has 0 spiro atoms. The predicted molar refractivity (Wildman–Crippen MR) is 109 cm³/mol. The van der Waals surface area contributed by atoms with Crippen molar-refractivity contribution in [1.82, 2.24) is 9.97 Å². The van der Waals surface area contributed by atoms with E-state index in [1.165, 1.54) is 6.33 Å². The molecule has 2 heterocycles. The van der Waals surface area contributed by atoms with Crippen molar-refractivity contribution < 1.29 is 9.47 Å². The molecule has 146 valence electrons. The van der Waals surface area contributed by atoms with Crippen LogP contribution in [0.5, 0.6) is 5.75 Å². The van der Waals surface area contributed by atoms with Crippen LogP contribution in [-0.4, -0.2) is 47.1 Å². The molecule has 1 atom stereocenters. The molecule has 1 saturated heterocycles. The van der Waals surface area contributed by atoms with Gasteiger partial charge in [-0.2, -0.15) is 0 Å². The summed E-state index contributed by atoms with van der Waals surface area (Å²) in [5, 5.41) is 8.67. The highest BCUT2D eigenvalue weighted by Gasteiger charge is 2.40. The van der Waals surface area contributed by atoms with E-state index >= 15 is 0 Å². The summed E-state index contributed by atoms with van der Waals surface area (Å²) in [5.74, 6) is 1.47. The summed E-state index contributed by atoms with van der Waals surface area (Å²) in [6, 6.07) is 7.32. The Hall–Kier alpha value is -2.93. The topological polar surface area (TPSA) is 97.3 Å². The maximum atomic E-state index is 8.67. The van der Waals surface area contributed by atoms with E-state index in [2.05, 4.69) is 28.4 Å². The second-order valence-electron chi connectivity index (χ2n) is 7.51. The zero-order valence-corrected chi connectivity index (χ0v) is 16.0. The molecule has 7 heteroatoms. The fraction of sp³-hybridized carbons (Fsp3) is 0.381. The average molecular weight is 379 g/mol. The lowest BCUT2D eigenvalue weighted by molar-refractivity contribution is 0.105. The van der Waals surface area contributed by atoms with Gasteiger partial charge in [0.2, 0.25) is 0 Å². The molecule has 1 aromatic heterocycles. The fourth-order valence-corrected chi connectivity index (χ4v) is 3.26. The van der Waals surface area contributed by atoms with E-state index in [0.717, 1.165) is 24.4 Å². The van der Waals surface area contributed by atoms with Crippen LogP contribution in [0.15, 0.2) is 43.2 Å². The number of hydrogen-bond donors (Lipinski definition) is 2. The highest BCUT2D eigenvalue weighted by Crippen LogP contribution is 2.40. The van der Waals surface area contributed by atoms with Gasteiger partial charge in [-0.1, -0.05) is 6.08 Å². The summed E-state index contributed by atoms with van der Waals surface area (Å²) < 4.78 is 11.5. The van der Waals surface area contributed by atoms with Crippen LogP contribution in [0.1, 0.15) is 31.0 Å². The predicted octanol–water partition coefficient (Wildman–Crippen LogP) is 2.80. The van der Waals surface area contributed by atoms with Crippen molar-refractivity contribution in [1.29, 1.82) is 5.41 Å². The van der Waals surface area contributed by atoms with Gasteiger partial charge in [-0.3, -0.25) is 5.41 Å². The molecule has 2 fully saturated rings. The van der Waals surface area contributed by atoms with E-state index in [1.54, 1.807) is 6.07 Å². The van der Waals surface area contributed by atoms with E-state index in [0.29, 0.717) is 36.7 Å². The molecule has 3 N–H and O–H groups in total. The second kappa shape index (κ2) is 7.24. The molecular weight excluding hydrogens is 354 g/mol. The maximum absolute atomic E-state index is 8.67. The molecule has 2 aromatic rings. The first-order chi connectivity index (χ1) is 13.5. The fourth-order valence-electron chi connectivity index (χ4n) is 3.26. The second-order valence-corrected chi connectivity index (χ2v) is 7.51. The van der Waals surface area contributed by atoms with E-state index < -0.39 is 0 Å². The van der Waals surface area contributed by atoms with Crippen LogP contribution in [0.25, 0.3) is 0 Å². The normalized spacial score (nSPS) is 20.5. The third-order valence-electron chi connectivity index (χ3n) is 5.25. The lowest BCUT2D eigenvalue weighted by Gasteiger charge is -2.34. The molecule has 7 nitrogen and oxygen atoms in total. The van der Waals surface area contributed by atoms with Crippen molar-refractivity contribution >= 4 is 17.2 Å². The van der Waals surface area contributed by atoms with Crippen LogP contribution in [0, 0.1) is 5.41 Å². The standard InChI is InChI=1S/C21H25N5O2/c1-3-14-12-27-9-8-26(14)19-11-18(24-13-25-19)20(23)16-10-15(4-5-17(16)22)28-21(2)6-7-21/h3-5,10-11,13-14,23H,1,6-9,12,22H2,2H3. The largest absolute Gasteiger partial charge is 0.488 e. The Bertz CT molecular complexity index is 909. The number of benzene rings is 1. The molecule has 0 radical (unpaired) electrons. The minimum Gasteiger partial charge on any atom is -0.488 e. The van der Waals surface area contributed by atoms with Crippen LogP contribution in [0.3, 0.4) is 0 Å². The first-order valence-corrected chi connectivity index (χ1v) is 9.46. The van der Waals surface area contributed by atoms with E-state index in [1.807, 2.05) is 24.3 Å². The van der Waals surface area contributed by atoms with Crippen molar-refractivity contribution in [2.24, 2.45) is 0 Å². The van der Waals surface area contributed by atoms with E-state index in [4.69, 9.17) is 20.6 Å². The Balaban J connectivity index is 1.61. The van der Waals surface area contributed by atoms with Crippen LogP contribution >= 0.6 is 0 Å². The quantitative estimate of drug-likeness (QED) is 0.455. The number of ether oxygens (including phenoxy) is 2. The van der Waals surface area contributed by atoms with Gasteiger partial charge in [-0.05, 0) is 38.0 Å². The van der Waals surface area contributed by atoms with Crippen LogP contribution in [-0.2, 0) is 4.74 Å². The number of nitrogen functional groups attached to an aromatic ring is 1. The molecule has 1 unspecified atom stereocenters. The molecule has 1 aromatic carbocycles. The van der Waals surface area contributed by atoms with Crippen molar-refractivity contribution in [2.75, 3.05) is 30.4 Å². The number of rotatable bonds is 6. The van der Waals surface area contributed by atoms with Crippen molar-refractivity contribution in [3.8, 4) is 5.75 Å². The number of morpholine rings is 1. The first kappa shape index (κ1) is 18.4. The Morgan fingerprint density at radius 3 is 2.96 bits per heavy atom. The Morgan fingerprint density at radius 2 is 2.21 bits per heavy atom. The third kappa shape index (κ3) is 3.71. The molecular formula is C21H25N5O2. The summed E-state index contributed by atoms with van der Waals surface area (Å²) in [5.41, 5.74) is 7.95. The van der Waals surface area contributed by atoms with Gasteiger partial charge in [0.1, 0.15) is 23.5 Å². The monoisotopic (exact) mass is 379 g/mol. The summed E-state index contributed by atoms with van der Waals surface area (Å²) in [6.45, 7) is 7.89. The molecule has 28 heavy (non-hydrogen) atoms. The van der Waals surface area contributed by atoms with Gasteiger partial charge in [0, 0.05) is 23.9 Å². The van der Waals surface area contributed by atoms with Crippen LogP contribution in [0.2, 0.25) is 0 Å². The molecule has 1 saturated carbocycles. The third-order valence-corrected chi connectivity index (χ3v) is 5.25. The zero-order valence-electron chi connectivity index (χ0n) is 16.0. The number of nitrogens with zero attached hydrogens (tertiary/aromatic N) is 3. The highest BCUT2D eigenvalue weighted by atomic mass is 16.5. The van der Waals surface area contributed by atoms with E-state index in [9.17, 15) is 0 Å². The summed E-state index contributed by atoms with van der Waals surface area (Å²) in [7, 11) is 0. The Labute approximate surface area is 164 Å². The molecule has 0 amide bonds. The SMILES string of the molecule is C=CC1COCCN1c1cc(C(=N)c2cc(OC3(C)CC3)ccc2N)ncn1. The highest BCUT2D eigenvalue weighted by molar-refractivity contribution is 6.13. The van der Waals surface area contributed by atoms with Gasteiger partial charge in [0.05, 0.1) is 30.7 Å². The zero-order chi connectivity index (χ0) is 19.7.